The summed E-state index contributed by atoms with van der Waals surface area (Å²) in [5, 5.41) is 12.1. The van der Waals surface area contributed by atoms with Gasteiger partial charge in [0.2, 0.25) is 0 Å². The molecule has 0 aliphatic rings. The highest BCUT2D eigenvalue weighted by Gasteiger charge is 2.11. The minimum Gasteiger partial charge on any atom is -0.480 e. The maximum absolute atomic E-state index is 11.8. The number of esters is 1. The molecule has 1 N–H and O–H groups in total. The van der Waals surface area contributed by atoms with Crippen molar-refractivity contribution < 1.29 is 19.1 Å². The van der Waals surface area contributed by atoms with Crippen LogP contribution >= 0.6 is 23.2 Å². The van der Waals surface area contributed by atoms with Crippen LogP contribution in [0, 0.1) is 11.3 Å². The lowest BCUT2D eigenvalue weighted by molar-refractivity contribution is -0.149. The standard InChI is InChI=1S/C17H12Cl2N2O4/c18-12-5-6-15(13(19)7-12)24-10-17(23)25-9-16(22)21-14-4-2-1-3-11(14)8-20/h1-7H,9-10H2,(H,21,22). The summed E-state index contributed by atoms with van der Waals surface area (Å²) in [6, 6.07) is 13.0. The smallest absolute Gasteiger partial charge is 0.344 e. The second-order valence-electron chi connectivity index (χ2n) is 4.73. The first kappa shape index (κ1) is 18.6. The fourth-order valence-corrected chi connectivity index (χ4v) is 2.26. The van der Waals surface area contributed by atoms with E-state index in [1.54, 1.807) is 30.3 Å². The Balaban J connectivity index is 1.79. The Labute approximate surface area is 153 Å². The van der Waals surface area contributed by atoms with Gasteiger partial charge < -0.3 is 14.8 Å². The zero-order valence-electron chi connectivity index (χ0n) is 12.8. The summed E-state index contributed by atoms with van der Waals surface area (Å²) in [7, 11) is 0. The van der Waals surface area contributed by atoms with E-state index in [9.17, 15) is 9.59 Å². The first-order valence-electron chi connectivity index (χ1n) is 7.02. The minimum atomic E-state index is -0.741. The van der Waals surface area contributed by atoms with Gasteiger partial charge in [0.15, 0.2) is 13.2 Å². The van der Waals surface area contributed by atoms with Gasteiger partial charge in [0.05, 0.1) is 16.3 Å². The molecule has 0 spiro atoms. The number of nitrogens with zero attached hydrogens (tertiary/aromatic N) is 1. The molecule has 2 aromatic carbocycles. The van der Waals surface area contributed by atoms with Gasteiger partial charge in [0, 0.05) is 5.02 Å². The Morgan fingerprint density at radius 1 is 1.12 bits per heavy atom. The molecule has 0 aliphatic carbocycles. The van der Waals surface area contributed by atoms with Crippen LogP contribution in [0.2, 0.25) is 10.0 Å². The topological polar surface area (TPSA) is 88.4 Å². The first-order valence-corrected chi connectivity index (χ1v) is 7.77. The molecule has 0 unspecified atom stereocenters. The van der Waals surface area contributed by atoms with Gasteiger partial charge >= 0.3 is 5.97 Å². The quantitative estimate of drug-likeness (QED) is 0.777. The molecule has 6 nitrogen and oxygen atoms in total. The molecule has 0 bridgehead atoms. The number of carbonyl (C=O) groups is 2. The van der Waals surface area contributed by atoms with Gasteiger partial charge in [-0.15, -0.1) is 0 Å². The highest BCUT2D eigenvalue weighted by atomic mass is 35.5. The summed E-state index contributed by atoms with van der Waals surface area (Å²) in [6.45, 7) is -0.917. The largest absolute Gasteiger partial charge is 0.480 e. The Hall–Kier alpha value is -2.75. The van der Waals surface area contributed by atoms with Crippen LogP contribution in [0.15, 0.2) is 42.5 Å². The second-order valence-corrected chi connectivity index (χ2v) is 5.57. The zero-order chi connectivity index (χ0) is 18.2. The summed E-state index contributed by atoms with van der Waals surface area (Å²) >= 11 is 11.7. The molecule has 128 valence electrons. The number of nitrogens with one attached hydrogen (secondary N) is 1. The van der Waals surface area contributed by atoms with E-state index in [1.165, 1.54) is 12.1 Å². The molecule has 25 heavy (non-hydrogen) atoms. The van der Waals surface area contributed by atoms with Crippen LogP contribution in [0.4, 0.5) is 5.69 Å². The van der Waals surface area contributed by atoms with Gasteiger partial charge in [-0.3, -0.25) is 4.79 Å². The van der Waals surface area contributed by atoms with E-state index in [2.05, 4.69) is 5.32 Å². The number of hydrogen-bond acceptors (Lipinski definition) is 5. The minimum absolute atomic E-state index is 0.256. The molecular formula is C17H12Cl2N2O4. The maximum Gasteiger partial charge on any atom is 0.344 e. The van der Waals surface area contributed by atoms with E-state index in [1.807, 2.05) is 6.07 Å². The number of halogens is 2. The molecule has 0 heterocycles. The molecule has 2 aromatic rings. The third-order valence-corrected chi connectivity index (χ3v) is 3.46. The van der Waals surface area contributed by atoms with E-state index in [0.29, 0.717) is 16.3 Å². The Kier molecular flexibility index (Phi) is 6.63. The molecule has 0 aliphatic heterocycles. The fraction of sp³-hybridized carbons (Fsp3) is 0.118. The number of carbonyl (C=O) groups excluding carboxylic acids is 2. The summed E-state index contributed by atoms with van der Waals surface area (Å²) in [4.78, 5) is 23.4. The number of amides is 1. The van der Waals surface area contributed by atoms with E-state index >= 15 is 0 Å². The Morgan fingerprint density at radius 2 is 1.88 bits per heavy atom. The van der Waals surface area contributed by atoms with Gasteiger partial charge in [-0.1, -0.05) is 35.3 Å². The molecule has 0 atom stereocenters. The van der Waals surface area contributed by atoms with Crippen molar-refractivity contribution in [2.45, 2.75) is 0 Å². The van der Waals surface area contributed by atoms with Crippen molar-refractivity contribution in [1.29, 1.82) is 5.26 Å². The number of nitriles is 1. The summed E-state index contributed by atoms with van der Waals surface area (Å²) in [5.41, 5.74) is 0.651. The predicted molar refractivity (Wildman–Crippen MR) is 92.7 cm³/mol. The monoisotopic (exact) mass is 378 g/mol. The highest BCUT2D eigenvalue weighted by molar-refractivity contribution is 6.35. The van der Waals surface area contributed by atoms with Crippen molar-refractivity contribution in [2.24, 2.45) is 0 Å². The Bertz CT molecular complexity index is 834. The van der Waals surface area contributed by atoms with E-state index in [4.69, 9.17) is 37.9 Å². The van der Waals surface area contributed by atoms with Gasteiger partial charge in [-0.2, -0.15) is 5.26 Å². The van der Waals surface area contributed by atoms with Crippen LogP contribution in [0.3, 0.4) is 0 Å². The number of ether oxygens (including phenoxy) is 2. The summed E-state index contributed by atoms with van der Waals surface area (Å²) in [6.07, 6.45) is 0. The van der Waals surface area contributed by atoms with Crippen molar-refractivity contribution in [3.8, 4) is 11.8 Å². The lowest BCUT2D eigenvalue weighted by Crippen LogP contribution is -2.24. The molecule has 0 saturated heterocycles. The molecule has 0 saturated carbocycles. The first-order chi connectivity index (χ1) is 12.0. The van der Waals surface area contributed by atoms with Gasteiger partial charge in [0.1, 0.15) is 11.8 Å². The molecule has 0 fully saturated rings. The maximum atomic E-state index is 11.8. The number of anilines is 1. The van der Waals surface area contributed by atoms with Gasteiger partial charge in [-0.05, 0) is 30.3 Å². The third-order valence-electron chi connectivity index (χ3n) is 2.93. The molecule has 8 heteroatoms. The lowest BCUT2D eigenvalue weighted by atomic mass is 10.2. The van der Waals surface area contributed by atoms with Crippen molar-refractivity contribution in [2.75, 3.05) is 18.5 Å². The van der Waals surface area contributed by atoms with Crippen molar-refractivity contribution in [3.05, 3.63) is 58.1 Å². The zero-order valence-corrected chi connectivity index (χ0v) is 14.3. The number of para-hydroxylation sites is 1. The van der Waals surface area contributed by atoms with Gasteiger partial charge in [-0.25, -0.2) is 4.79 Å². The van der Waals surface area contributed by atoms with Gasteiger partial charge in [0.25, 0.3) is 5.91 Å². The van der Waals surface area contributed by atoms with E-state index in [-0.39, 0.29) is 10.8 Å². The Morgan fingerprint density at radius 3 is 2.60 bits per heavy atom. The van der Waals surface area contributed by atoms with Crippen LogP contribution in [0.1, 0.15) is 5.56 Å². The molecular weight excluding hydrogens is 367 g/mol. The van der Waals surface area contributed by atoms with Crippen LogP contribution in [0.5, 0.6) is 5.75 Å². The van der Waals surface area contributed by atoms with Crippen molar-refractivity contribution >= 4 is 40.8 Å². The highest BCUT2D eigenvalue weighted by Crippen LogP contribution is 2.27. The molecule has 0 radical (unpaired) electrons. The number of hydrogen-bond donors (Lipinski definition) is 1. The summed E-state index contributed by atoms with van der Waals surface area (Å²) < 4.78 is 10.0. The average Bonchev–Trinajstić information content (AvgIpc) is 2.59. The van der Waals surface area contributed by atoms with E-state index < -0.39 is 25.1 Å². The molecule has 1 amide bonds. The second kappa shape index (κ2) is 8.92. The van der Waals surface area contributed by atoms with Crippen molar-refractivity contribution in [1.82, 2.24) is 0 Å². The normalized spacial score (nSPS) is 9.80. The molecule has 2 rings (SSSR count). The SMILES string of the molecule is N#Cc1ccccc1NC(=O)COC(=O)COc1ccc(Cl)cc1Cl. The van der Waals surface area contributed by atoms with Crippen molar-refractivity contribution in [3.63, 3.8) is 0 Å². The number of benzene rings is 2. The third kappa shape index (κ3) is 5.68. The van der Waals surface area contributed by atoms with Crippen LogP contribution in [-0.2, 0) is 14.3 Å². The number of rotatable bonds is 6. The fourth-order valence-electron chi connectivity index (χ4n) is 1.79. The average molecular weight is 379 g/mol. The molecule has 0 aromatic heterocycles. The van der Waals surface area contributed by atoms with E-state index in [0.717, 1.165) is 0 Å². The van der Waals surface area contributed by atoms with Crippen LogP contribution in [0.25, 0.3) is 0 Å². The summed E-state index contributed by atoms with van der Waals surface area (Å²) in [5.74, 6) is -1.04. The lowest BCUT2D eigenvalue weighted by Gasteiger charge is -2.09. The predicted octanol–water partition coefficient (Wildman–Crippen LogP) is 3.43. The van der Waals surface area contributed by atoms with Crippen LogP contribution in [-0.4, -0.2) is 25.1 Å². The van der Waals surface area contributed by atoms with Crippen LogP contribution < -0.4 is 10.1 Å².